The molecule has 3 aromatic carbocycles. The maximum absolute atomic E-state index is 14.7. The van der Waals surface area contributed by atoms with E-state index in [-0.39, 0.29) is 11.7 Å². The third-order valence-electron chi connectivity index (χ3n) is 4.81. The quantitative estimate of drug-likeness (QED) is 0.263. The number of nitrogens with one attached hydrogen (secondary N) is 1. The molecule has 0 aliphatic rings. The zero-order chi connectivity index (χ0) is 21.6. The van der Waals surface area contributed by atoms with Gasteiger partial charge in [0.15, 0.2) is 4.34 Å². The lowest BCUT2D eigenvalue weighted by Crippen LogP contribution is -2.19. The van der Waals surface area contributed by atoms with Gasteiger partial charge in [-0.25, -0.2) is 4.39 Å². The van der Waals surface area contributed by atoms with Crippen molar-refractivity contribution in [3.05, 3.63) is 95.8 Å². The third-order valence-corrected chi connectivity index (χ3v) is 6.86. The number of hydrogen-bond acceptors (Lipinski definition) is 5. The molecule has 1 N–H and O–H groups in total. The molecule has 1 unspecified atom stereocenters. The van der Waals surface area contributed by atoms with Gasteiger partial charge in [-0.1, -0.05) is 95.9 Å². The number of rotatable bonds is 7. The average Bonchev–Trinajstić information content (AvgIpc) is 3.25. The molecule has 0 aliphatic carbocycles. The maximum atomic E-state index is 14.7. The van der Waals surface area contributed by atoms with Gasteiger partial charge in [0, 0.05) is 11.3 Å². The van der Waals surface area contributed by atoms with Crippen molar-refractivity contribution in [3.8, 4) is 11.1 Å². The van der Waals surface area contributed by atoms with Crippen molar-refractivity contribution in [2.45, 2.75) is 22.9 Å². The third kappa shape index (κ3) is 5.37. The van der Waals surface area contributed by atoms with Crippen molar-refractivity contribution in [1.29, 1.82) is 0 Å². The predicted octanol–water partition coefficient (Wildman–Crippen LogP) is 6.38. The minimum Gasteiger partial charge on any atom is -0.300 e. The van der Waals surface area contributed by atoms with Crippen LogP contribution in [0.5, 0.6) is 0 Å². The first kappa shape index (κ1) is 21.2. The summed E-state index contributed by atoms with van der Waals surface area (Å²) in [4.78, 5) is 12.7. The molecule has 0 saturated heterocycles. The number of anilines is 1. The van der Waals surface area contributed by atoms with Crippen LogP contribution in [0.3, 0.4) is 0 Å². The molecule has 0 fully saturated rings. The highest BCUT2D eigenvalue weighted by Gasteiger charge is 2.19. The van der Waals surface area contributed by atoms with Gasteiger partial charge in [0.25, 0.3) is 0 Å². The Hall–Kier alpha value is -3.03. The first-order valence-corrected chi connectivity index (χ1v) is 11.6. The van der Waals surface area contributed by atoms with E-state index in [0.29, 0.717) is 16.3 Å². The molecule has 7 heteroatoms. The largest absolute Gasteiger partial charge is 0.300 e. The number of hydrogen-bond donors (Lipinski definition) is 1. The van der Waals surface area contributed by atoms with Crippen molar-refractivity contribution >= 4 is 34.1 Å². The molecule has 156 valence electrons. The molecule has 1 amide bonds. The second-order valence-corrected chi connectivity index (χ2v) is 9.16. The van der Waals surface area contributed by atoms with E-state index in [4.69, 9.17) is 0 Å². The van der Waals surface area contributed by atoms with Crippen molar-refractivity contribution in [3.63, 3.8) is 0 Å². The summed E-state index contributed by atoms with van der Waals surface area (Å²) in [5.74, 6) is -0.336. The van der Waals surface area contributed by atoms with Crippen LogP contribution in [0.15, 0.2) is 83.2 Å². The molecular formula is C24H20FN3OS2. The topological polar surface area (TPSA) is 54.9 Å². The van der Waals surface area contributed by atoms with Gasteiger partial charge in [0.2, 0.25) is 11.0 Å². The van der Waals surface area contributed by atoms with Crippen LogP contribution in [0, 0.1) is 5.82 Å². The molecule has 1 heterocycles. The fraction of sp³-hybridized carbons (Fsp3) is 0.125. The summed E-state index contributed by atoms with van der Waals surface area (Å²) in [6.45, 7) is 1.75. The monoisotopic (exact) mass is 449 g/mol. The predicted molar refractivity (Wildman–Crippen MR) is 125 cm³/mol. The highest BCUT2D eigenvalue weighted by molar-refractivity contribution is 8.00. The lowest BCUT2D eigenvalue weighted by atomic mass is 9.96. The van der Waals surface area contributed by atoms with Crippen LogP contribution in [-0.4, -0.2) is 16.1 Å². The number of nitrogens with zero attached hydrogens (tertiary/aromatic N) is 2. The zero-order valence-corrected chi connectivity index (χ0v) is 18.4. The van der Waals surface area contributed by atoms with Crippen LogP contribution in [-0.2, 0) is 10.5 Å². The van der Waals surface area contributed by atoms with Crippen LogP contribution in [0.4, 0.5) is 9.52 Å². The van der Waals surface area contributed by atoms with Gasteiger partial charge in [-0.2, -0.15) is 0 Å². The lowest BCUT2D eigenvalue weighted by Gasteiger charge is -2.12. The van der Waals surface area contributed by atoms with E-state index in [1.54, 1.807) is 30.8 Å². The van der Waals surface area contributed by atoms with Gasteiger partial charge in [0.1, 0.15) is 5.82 Å². The van der Waals surface area contributed by atoms with Crippen molar-refractivity contribution < 1.29 is 9.18 Å². The Balaban J connectivity index is 1.38. The Bertz CT molecular complexity index is 1170. The van der Waals surface area contributed by atoms with Gasteiger partial charge >= 0.3 is 0 Å². The van der Waals surface area contributed by atoms with E-state index in [9.17, 15) is 9.18 Å². The SMILES string of the molecule is CC(C(=O)Nc1nnc(SCc2ccccc2)s1)c1ccc(-c2ccccc2)c(F)c1. The number of aromatic nitrogens is 2. The number of amides is 1. The van der Waals surface area contributed by atoms with Gasteiger partial charge < -0.3 is 0 Å². The van der Waals surface area contributed by atoms with E-state index in [2.05, 4.69) is 27.6 Å². The van der Waals surface area contributed by atoms with E-state index < -0.39 is 5.92 Å². The molecule has 4 nitrogen and oxygen atoms in total. The van der Waals surface area contributed by atoms with Crippen molar-refractivity contribution in [2.24, 2.45) is 0 Å². The van der Waals surface area contributed by atoms with E-state index >= 15 is 0 Å². The summed E-state index contributed by atoms with van der Waals surface area (Å²) in [6, 6.07) is 24.4. The summed E-state index contributed by atoms with van der Waals surface area (Å²) >= 11 is 2.90. The van der Waals surface area contributed by atoms with Crippen LogP contribution < -0.4 is 5.32 Å². The molecule has 4 rings (SSSR count). The fourth-order valence-corrected chi connectivity index (χ4v) is 4.77. The maximum Gasteiger partial charge on any atom is 0.233 e. The minimum absolute atomic E-state index is 0.248. The molecule has 1 aromatic heterocycles. The Morgan fingerprint density at radius 1 is 1.03 bits per heavy atom. The summed E-state index contributed by atoms with van der Waals surface area (Å²) in [6.07, 6.45) is 0. The van der Waals surface area contributed by atoms with Crippen molar-refractivity contribution in [2.75, 3.05) is 5.32 Å². The highest BCUT2D eigenvalue weighted by Crippen LogP contribution is 2.30. The van der Waals surface area contributed by atoms with Crippen LogP contribution in [0.2, 0.25) is 0 Å². The minimum atomic E-state index is -0.524. The molecule has 31 heavy (non-hydrogen) atoms. The number of benzene rings is 3. The number of halogens is 1. The first-order chi connectivity index (χ1) is 15.1. The van der Waals surface area contributed by atoms with Crippen LogP contribution in [0.25, 0.3) is 11.1 Å². The van der Waals surface area contributed by atoms with Crippen LogP contribution in [0.1, 0.15) is 24.0 Å². The van der Waals surface area contributed by atoms with Gasteiger partial charge in [-0.05, 0) is 29.7 Å². The van der Waals surface area contributed by atoms with E-state index in [1.165, 1.54) is 23.0 Å². The Labute approximate surface area is 188 Å². The van der Waals surface area contributed by atoms with Crippen LogP contribution >= 0.6 is 23.1 Å². The standard InChI is InChI=1S/C24H20FN3OS2/c1-16(19-12-13-20(21(25)14-19)18-10-6-3-7-11-18)22(29)26-23-27-28-24(31-23)30-15-17-8-4-2-5-9-17/h2-14,16H,15H2,1H3,(H,26,27,29). The molecule has 0 bridgehead atoms. The molecule has 4 aromatic rings. The molecule has 0 radical (unpaired) electrons. The summed E-state index contributed by atoms with van der Waals surface area (Å²) in [5, 5.41) is 11.4. The average molecular weight is 450 g/mol. The molecule has 0 saturated carbocycles. The van der Waals surface area contributed by atoms with E-state index in [0.717, 1.165) is 15.7 Å². The lowest BCUT2D eigenvalue weighted by molar-refractivity contribution is -0.117. The molecule has 0 aliphatic heterocycles. The van der Waals surface area contributed by atoms with Gasteiger partial charge in [0.05, 0.1) is 5.92 Å². The summed E-state index contributed by atoms with van der Waals surface area (Å²) in [5.41, 5.74) is 3.12. The Morgan fingerprint density at radius 3 is 2.45 bits per heavy atom. The molecular weight excluding hydrogens is 429 g/mol. The summed E-state index contributed by atoms with van der Waals surface area (Å²) in [7, 11) is 0. The van der Waals surface area contributed by atoms with E-state index in [1.807, 2.05) is 48.5 Å². The van der Waals surface area contributed by atoms with Crippen molar-refractivity contribution in [1.82, 2.24) is 10.2 Å². The Kier molecular flexibility index (Phi) is 6.74. The van der Waals surface area contributed by atoms with Gasteiger partial charge in [-0.3, -0.25) is 10.1 Å². The molecule has 0 spiro atoms. The fourth-order valence-electron chi connectivity index (χ4n) is 3.06. The second kappa shape index (κ2) is 9.85. The highest BCUT2D eigenvalue weighted by atomic mass is 32.2. The summed E-state index contributed by atoms with van der Waals surface area (Å²) < 4.78 is 15.4. The first-order valence-electron chi connectivity index (χ1n) is 9.76. The number of thioether (sulfide) groups is 1. The smallest absolute Gasteiger partial charge is 0.233 e. The number of carbonyl (C=O) groups excluding carboxylic acids is 1. The Morgan fingerprint density at radius 2 is 1.74 bits per heavy atom. The zero-order valence-electron chi connectivity index (χ0n) is 16.8. The molecule has 1 atom stereocenters. The van der Waals surface area contributed by atoms with Gasteiger partial charge in [-0.15, -0.1) is 10.2 Å². The number of carbonyl (C=O) groups is 1. The normalized spacial score (nSPS) is 11.8. The second-order valence-electron chi connectivity index (χ2n) is 6.96.